The molecule has 1 aliphatic carbocycles. The number of carbonyl (C=O) groups is 2. The van der Waals surface area contributed by atoms with Gasteiger partial charge in [0, 0.05) is 22.4 Å². The maximum atomic E-state index is 14.8. The Morgan fingerprint density at radius 1 is 1.23 bits per heavy atom. The average molecular weight is 659 g/mol. The summed E-state index contributed by atoms with van der Waals surface area (Å²) in [5.74, 6) is -2.86. The molecule has 3 aromatic rings. The third-order valence-corrected chi connectivity index (χ3v) is 8.10. The summed E-state index contributed by atoms with van der Waals surface area (Å²) in [5, 5.41) is 13.4. The van der Waals surface area contributed by atoms with Crippen LogP contribution in [0.1, 0.15) is 46.9 Å². The lowest BCUT2D eigenvalue weighted by atomic mass is 9.81. The molecule has 2 atom stereocenters. The summed E-state index contributed by atoms with van der Waals surface area (Å²) >= 11 is 0. The molecule has 1 unspecified atom stereocenters. The molecule has 4 N–H and O–H groups in total. The van der Waals surface area contributed by atoms with Gasteiger partial charge in [-0.2, -0.15) is 13.2 Å². The molecule has 0 bridgehead atoms. The van der Waals surface area contributed by atoms with Crippen molar-refractivity contribution in [2.45, 2.75) is 50.0 Å². The van der Waals surface area contributed by atoms with Crippen molar-refractivity contribution in [3.05, 3.63) is 83.3 Å². The fourth-order valence-corrected chi connectivity index (χ4v) is 5.05. The molecule has 1 saturated carbocycles. The molecule has 0 radical (unpaired) electrons. The molecule has 1 aliphatic heterocycles. The van der Waals surface area contributed by atoms with Gasteiger partial charge in [0.2, 0.25) is 11.5 Å². The second kappa shape index (κ2) is 12.4. The summed E-state index contributed by atoms with van der Waals surface area (Å²) in [6.07, 6.45) is -2.45. The van der Waals surface area contributed by atoms with Crippen LogP contribution in [0.4, 0.5) is 27.6 Å². The second-order valence-electron chi connectivity index (χ2n) is 11.6. The van der Waals surface area contributed by atoms with Crippen LogP contribution in [-0.2, 0) is 15.8 Å². The van der Waals surface area contributed by atoms with Crippen molar-refractivity contribution in [3.63, 3.8) is 0 Å². The van der Waals surface area contributed by atoms with E-state index in [-0.39, 0.29) is 40.0 Å². The zero-order valence-corrected chi connectivity index (χ0v) is 25.4. The van der Waals surface area contributed by atoms with E-state index in [1.165, 1.54) is 30.3 Å². The number of benzene rings is 2. The summed E-state index contributed by atoms with van der Waals surface area (Å²) in [6.45, 7) is 3.53. The molecule has 9 nitrogen and oxygen atoms in total. The van der Waals surface area contributed by atoms with E-state index in [4.69, 9.17) is 15.2 Å². The highest BCUT2D eigenvalue weighted by Gasteiger charge is 2.58. The Labute approximate surface area is 266 Å². The molecule has 1 aromatic heterocycles. The Balaban J connectivity index is 1.57. The predicted octanol–water partition coefficient (Wildman–Crippen LogP) is 5.28. The largest absolute Gasteiger partial charge is 0.489 e. The summed E-state index contributed by atoms with van der Waals surface area (Å²) < 4.78 is 83.9. The number of fused-ring (bicyclic) bond motifs is 1. The number of amides is 2. The first-order valence-corrected chi connectivity index (χ1v) is 14.5. The molecule has 47 heavy (non-hydrogen) atoms. The molecule has 2 amide bonds. The normalized spacial score (nSPS) is 18.9. The molecular formula is C33H31F5N4O5. The zero-order valence-electron chi connectivity index (χ0n) is 25.4. The molecule has 1 fully saturated rings. The van der Waals surface area contributed by atoms with Gasteiger partial charge in [-0.25, -0.2) is 18.8 Å². The minimum Gasteiger partial charge on any atom is -0.489 e. The molecule has 5 rings (SSSR count). The monoisotopic (exact) mass is 658 g/mol. The van der Waals surface area contributed by atoms with Crippen LogP contribution in [0.5, 0.6) is 11.5 Å². The van der Waals surface area contributed by atoms with Crippen LogP contribution in [0.15, 0.2) is 60.1 Å². The number of carbonyl (C=O) groups excluding carboxylic acids is 2. The molecule has 0 saturated heterocycles. The highest BCUT2D eigenvalue weighted by atomic mass is 19.4. The Kier molecular flexibility index (Phi) is 8.84. The molecule has 0 spiro atoms. The van der Waals surface area contributed by atoms with E-state index in [9.17, 15) is 36.6 Å². The van der Waals surface area contributed by atoms with Crippen LogP contribution >= 0.6 is 0 Å². The van der Waals surface area contributed by atoms with Crippen LogP contribution in [0.3, 0.4) is 0 Å². The Hall–Kier alpha value is -4.85. The standard InChI is InChI=1S/C33H31F5N4O5/c1-4-18(3)41-26-17(2)11-20(12-24(26)47-22-9-10-22)29(43)40-15-32(45,33(36,37)38)25-13-23-28(46-16-31(23,14-34)30(39)44)27(42-25)19-5-7-21(35)8-6-19/h4-8,11-13,22,45H,1,9-10,14-16H2,2-3H3,(H2,39,44)(H,40,43)/t31-,32?/m0/s1. The number of pyridine rings is 1. The van der Waals surface area contributed by atoms with Gasteiger partial charge < -0.3 is 25.6 Å². The summed E-state index contributed by atoms with van der Waals surface area (Å²) in [7, 11) is 0. The van der Waals surface area contributed by atoms with Gasteiger partial charge in [-0.05, 0) is 80.8 Å². The van der Waals surface area contributed by atoms with Gasteiger partial charge in [0.1, 0.15) is 47.4 Å². The number of aliphatic hydroxyl groups is 1. The lowest BCUT2D eigenvalue weighted by Crippen LogP contribution is -2.52. The van der Waals surface area contributed by atoms with Gasteiger partial charge in [0.25, 0.3) is 5.91 Å². The predicted molar refractivity (Wildman–Crippen MR) is 162 cm³/mol. The maximum Gasteiger partial charge on any atom is 0.424 e. The highest BCUT2D eigenvalue weighted by Crippen LogP contribution is 2.48. The number of hydrogen-bond acceptors (Lipinski definition) is 7. The van der Waals surface area contributed by atoms with E-state index in [1.54, 1.807) is 13.8 Å². The van der Waals surface area contributed by atoms with Gasteiger partial charge in [-0.3, -0.25) is 9.59 Å². The molecule has 2 aliphatic rings. The number of primary amides is 1. The number of ether oxygens (including phenoxy) is 2. The third kappa shape index (κ3) is 6.29. The second-order valence-corrected chi connectivity index (χ2v) is 11.6. The van der Waals surface area contributed by atoms with Crippen LogP contribution in [0, 0.1) is 12.7 Å². The SMILES string of the molecule is C=CC(C)=Nc1c(C)cc(C(=O)NCC(O)(c2cc3c(c(-c4ccc(F)cc4)n2)OC[C@]3(CF)C(N)=O)C(F)(F)F)cc1OC1CC1. The molecule has 248 valence electrons. The van der Waals surface area contributed by atoms with Crippen molar-refractivity contribution in [3.8, 4) is 22.8 Å². The van der Waals surface area contributed by atoms with Crippen molar-refractivity contribution in [1.82, 2.24) is 10.3 Å². The number of nitrogens with two attached hydrogens (primary N) is 1. The number of nitrogens with one attached hydrogen (secondary N) is 1. The number of aryl methyl sites for hydroxylation is 1. The van der Waals surface area contributed by atoms with Gasteiger partial charge in [-0.1, -0.05) is 6.58 Å². The van der Waals surface area contributed by atoms with Crippen LogP contribution in [0.2, 0.25) is 0 Å². The van der Waals surface area contributed by atoms with Gasteiger partial charge >= 0.3 is 6.18 Å². The maximum absolute atomic E-state index is 14.8. The summed E-state index contributed by atoms with van der Waals surface area (Å²) in [6, 6.07) is 7.85. The minimum absolute atomic E-state index is 0.0466. The van der Waals surface area contributed by atoms with Gasteiger partial charge in [0.15, 0.2) is 0 Å². The topological polar surface area (TPSA) is 136 Å². The lowest BCUT2D eigenvalue weighted by molar-refractivity contribution is -0.265. The number of aromatic nitrogens is 1. The minimum atomic E-state index is -5.46. The van der Waals surface area contributed by atoms with E-state index in [2.05, 4.69) is 21.9 Å². The molecule has 2 aromatic carbocycles. The number of aliphatic imine (C=N–C) groups is 1. The van der Waals surface area contributed by atoms with E-state index in [0.717, 1.165) is 25.0 Å². The van der Waals surface area contributed by atoms with E-state index in [1.807, 2.05) is 0 Å². The molecular weight excluding hydrogens is 627 g/mol. The van der Waals surface area contributed by atoms with Gasteiger partial charge in [-0.15, -0.1) is 0 Å². The van der Waals surface area contributed by atoms with E-state index < -0.39 is 60.3 Å². The number of allylic oxidation sites excluding steroid dienone is 1. The number of alkyl halides is 4. The summed E-state index contributed by atoms with van der Waals surface area (Å²) in [5.41, 5.74) is -0.869. The van der Waals surface area contributed by atoms with E-state index >= 15 is 0 Å². The Bertz CT molecular complexity index is 1770. The molecule has 2 heterocycles. The highest BCUT2D eigenvalue weighted by molar-refractivity contribution is 5.98. The number of hydrogen-bond donors (Lipinski definition) is 3. The summed E-state index contributed by atoms with van der Waals surface area (Å²) in [4.78, 5) is 34.2. The van der Waals surface area contributed by atoms with Crippen molar-refractivity contribution in [2.24, 2.45) is 10.7 Å². The first kappa shape index (κ1) is 33.5. The fraction of sp³-hybridized carbons (Fsp3) is 0.333. The smallest absolute Gasteiger partial charge is 0.424 e. The fourth-order valence-electron chi connectivity index (χ4n) is 5.05. The van der Waals surface area contributed by atoms with Crippen LogP contribution in [-0.4, -0.2) is 59.7 Å². The number of halogens is 5. The van der Waals surface area contributed by atoms with Crippen molar-refractivity contribution >= 4 is 23.2 Å². The van der Waals surface area contributed by atoms with Crippen molar-refractivity contribution < 1.29 is 46.1 Å². The number of nitrogens with zero attached hydrogens (tertiary/aromatic N) is 2. The molecule has 14 heteroatoms. The zero-order chi connectivity index (χ0) is 34.3. The third-order valence-electron chi connectivity index (χ3n) is 8.10. The van der Waals surface area contributed by atoms with Crippen LogP contribution in [0.25, 0.3) is 11.3 Å². The Morgan fingerprint density at radius 2 is 1.91 bits per heavy atom. The van der Waals surface area contributed by atoms with E-state index in [0.29, 0.717) is 23.0 Å². The first-order chi connectivity index (χ1) is 22.1. The Morgan fingerprint density at radius 3 is 2.49 bits per heavy atom. The first-order valence-electron chi connectivity index (χ1n) is 14.5. The number of rotatable bonds is 11. The van der Waals surface area contributed by atoms with Gasteiger partial charge in [0.05, 0.1) is 18.3 Å². The van der Waals surface area contributed by atoms with Crippen LogP contribution < -0.4 is 20.5 Å². The lowest BCUT2D eigenvalue weighted by Gasteiger charge is -2.31. The van der Waals surface area contributed by atoms with Crippen molar-refractivity contribution in [1.29, 1.82) is 0 Å². The average Bonchev–Trinajstić information content (AvgIpc) is 3.76. The quantitative estimate of drug-likeness (QED) is 0.190. The van der Waals surface area contributed by atoms with Crippen molar-refractivity contribution in [2.75, 3.05) is 19.8 Å².